The average Bonchev–Trinajstić information content (AvgIpc) is 2.85. The molecule has 0 amide bonds. The second-order valence-corrected chi connectivity index (χ2v) is 6.02. The number of aliphatic hydroxyl groups is 1. The highest BCUT2D eigenvalue weighted by Crippen LogP contribution is 2.16. The zero-order valence-corrected chi connectivity index (χ0v) is 9.99. The molecule has 0 aliphatic rings. The fourth-order valence-electron chi connectivity index (χ4n) is 1.08. The minimum atomic E-state index is -3.24. The van der Waals surface area contributed by atoms with Gasteiger partial charge in [-0.2, -0.15) is 5.10 Å². The number of hydrogen-bond acceptors (Lipinski definition) is 6. The van der Waals surface area contributed by atoms with Crippen molar-refractivity contribution >= 4 is 21.2 Å². The molecule has 0 fully saturated rings. The molecule has 8 heteroatoms. The van der Waals surface area contributed by atoms with E-state index in [0.717, 1.165) is 6.26 Å². The van der Waals surface area contributed by atoms with Crippen LogP contribution in [0.5, 0.6) is 0 Å². The van der Waals surface area contributed by atoms with Gasteiger partial charge in [0.25, 0.3) is 0 Å². The van der Waals surface area contributed by atoms with Crippen LogP contribution < -0.4 is 0 Å². The monoisotopic (exact) mass is 259 g/mol. The molecule has 2 aromatic heterocycles. The maximum absolute atomic E-state index is 11.2. The molecule has 16 heavy (non-hydrogen) atoms. The van der Waals surface area contributed by atoms with Crippen LogP contribution >= 0.6 is 11.3 Å². The lowest BCUT2D eigenvalue weighted by Crippen LogP contribution is -1.96. The molecular formula is C8H9N3O3S2. The van der Waals surface area contributed by atoms with Gasteiger partial charge in [0.05, 0.1) is 24.7 Å². The molecule has 0 saturated carbocycles. The second-order valence-electron chi connectivity index (χ2n) is 3.17. The highest BCUT2D eigenvalue weighted by atomic mass is 32.2. The Balaban J connectivity index is 2.39. The first-order chi connectivity index (χ1) is 7.50. The van der Waals surface area contributed by atoms with Crippen molar-refractivity contribution in [3.8, 4) is 5.13 Å². The van der Waals surface area contributed by atoms with E-state index in [4.69, 9.17) is 5.11 Å². The highest BCUT2D eigenvalue weighted by molar-refractivity contribution is 7.90. The lowest BCUT2D eigenvalue weighted by molar-refractivity contribution is 0.277. The first-order valence-electron chi connectivity index (χ1n) is 4.31. The van der Waals surface area contributed by atoms with Gasteiger partial charge in [-0.25, -0.2) is 18.1 Å². The van der Waals surface area contributed by atoms with E-state index >= 15 is 0 Å². The third-order valence-corrected chi connectivity index (χ3v) is 3.83. The van der Waals surface area contributed by atoms with Crippen molar-refractivity contribution < 1.29 is 13.5 Å². The van der Waals surface area contributed by atoms with E-state index in [0.29, 0.717) is 10.8 Å². The summed E-state index contributed by atoms with van der Waals surface area (Å²) in [6, 6.07) is 0. The zero-order chi connectivity index (χ0) is 11.8. The van der Waals surface area contributed by atoms with Gasteiger partial charge in [0, 0.05) is 11.6 Å². The molecule has 2 aromatic rings. The van der Waals surface area contributed by atoms with Gasteiger partial charge in [0.1, 0.15) is 4.90 Å². The van der Waals surface area contributed by atoms with E-state index in [-0.39, 0.29) is 11.5 Å². The average molecular weight is 259 g/mol. The third-order valence-electron chi connectivity index (χ3n) is 1.88. The molecule has 0 aliphatic carbocycles. The summed E-state index contributed by atoms with van der Waals surface area (Å²) in [5.74, 6) is 0. The molecule has 6 nitrogen and oxygen atoms in total. The summed E-state index contributed by atoms with van der Waals surface area (Å²) in [5.41, 5.74) is 0.538. The van der Waals surface area contributed by atoms with E-state index < -0.39 is 9.84 Å². The van der Waals surface area contributed by atoms with Gasteiger partial charge in [-0.15, -0.1) is 11.3 Å². The molecule has 0 atom stereocenters. The summed E-state index contributed by atoms with van der Waals surface area (Å²) in [5, 5.41) is 15.0. The number of rotatable bonds is 3. The largest absolute Gasteiger partial charge is 0.390 e. The van der Waals surface area contributed by atoms with Gasteiger partial charge < -0.3 is 5.11 Å². The highest BCUT2D eigenvalue weighted by Gasteiger charge is 2.12. The molecular weight excluding hydrogens is 250 g/mol. The number of aliphatic hydroxyl groups excluding tert-OH is 1. The molecule has 1 N–H and O–H groups in total. The number of nitrogens with zero attached hydrogens (tertiary/aromatic N) is 3. The molecule has 0 spiro atoms. The van der Waals surface area contributed by atoms with Crippen LogP contribution in [0.2, 0.25) is 0 Å². The van der Waals surface area contributed by atoms with Crippen LogP contribution in [0.25, 0.3) is 5.13 Å². The molecule has 0 aromatic carbocycles. The van der Waals surface area contributed by atoms with Gasteiger partial charge in [0.2, 0.25) is 5.13 Å². The first-order valence-corrected chi connectivity index (χ1v) is 7.08. The number of aromatic nitrogens is 3. The summed E-state index contributed by atoms with van der Waals surface area (Å²) in [7, 11) is -3.24. The predicted molar refractivity (Wildman–Crippen MR) is 58.3 cm³/mol. The van der Waals surface area contributed by atoms with Crippen molar-refractivity contribution in [1.29, 1.82) is 0 Å². The lowest BCUT2D eigenvalue weighted by Gasteiger charge is -1.92. The Bertz CT molecular complexity index is 600. The first kappa shape index (κ1) is 11.2. The fraction of sp³-hybridized carbons (Fsp3) is 0.250. The fourth-order valence-corrected chi connectivity index (χ4v) is 2.35. The maximum Gasteiger partial charge on any atom is 0.210 e. The summed E-state index contributed by atoms with van der Waals surface area (Å²) in [4.78, 5) is 4.22. The minimum Gasteiger partial charge on any atom is -0.390 e. The topological polar surface area (TPSA) is 85.1 Å². The normalized spacial score (nSPS) is 11.9. The van der Waals surface area contributed by atoms with Gasteiger partial charge in [-0.05, 0) is 0 Å². The summed E-state index contributed by atoms with van der Waals surface area (Å²) < 4.78 is 23.8. The van der Waals surface area contributed by atoms with Crippen molar-refractivity contribution in [3.05, 3.63) is 23.5 Å². The molecule has 0 aliphatic heterocycles. The Kier molecular flexibility index (Phi) is 2.78. The predicted octanol–water partition coefficient (Wildman–Crippen LogP) is 0.225. The lowest BCUT2D eigenvalue weighted by atomic mass is 10.5. The Morgan fingerprint density at radius 3 is 2.81 bits per heavy atom. The number of sulfone groups is 1. The summed E-state index contributed by atoms with van der Waals surface area (Å²) in [6.07, 6.45) is 3.79. The molecule has 86 valence electrons. The van der Waals surface area contributed by atoms with Crippen molar-refractivity contribution in [2.24, 2.45) is 0 Å². The van der Waals surface area contributed by atoms with E-state index in [9.17, 15) is 8.42 Å². The van der Waals surface area contributed by atoms with E-state index in [1.54, 1.807) is 5.38 Å². The van der Waals surface area contributed by atoms with Crippen molar-refractivity contribution in [2.75, 3.05) is 6.26 Å². The Hall–Kier alpha value is -1.25. The van der Waals surface area contributed by atoms with Crippen LogP contribution in [-0.2, 0) is 16.4 Å². The summed E-state index contributed by atoms with van der Waals surface area (Å²) >= 11 is 1.29. The van der Waals surface area contributed by atoms with E-state index in [2.05, 4.69) is 10.1 Å². The van der Waals surface area contributed by atoms with Gasteiger partial charge in [-0.3, -0.25) is 0 Å². The SMILES string of the molecule is CS(=O)(=O)c1cnn(-c2nc(CO)cs2)c1. The van der Waals surface area contributed by atoms with Crippen molar-refractivity contribution in [3.63, 3.8) is 0 Å². The zero-order valence-electron chi connectivity index (χ0n) is 8.36. The quantitative estimate of drug-likeness (QED) is 0.852. The summed E-state index contributed by atoms with van der Waals surface area (Å²) in [6.45, 7) is -0.142. The Morgan fingerprint density at radius 2 is 2.31 bits per heavy atom. The molecule has 2 rings (SSSR count). The van der Waals surface area contributed by atoms with Crippen LogP contribution in [0.4, 0.5) is 0 Å². The minimum absolute atomic E-state index is 0.142. The Labute approximate surface area is 96.1 Å². The van der Waals surface area contributed by atoms with E-state index in [1.807, 2.05) is 0 Å². The Morgan fingerprint density at radius 1 is 1.56 bits per heavy atom. The standard InChI is InChI=1S/C8H9N3O3S2/c1-16(13,14)7-2-9-11(3-7)8-10-6(4-12)5-15-8/h2-3,5,12H,4H2,1H3. The molecule has 0 radical (unpaired) electrons. The molecule has 0 unspecified atom stereocenters. The smallest absolute Gasteiger partial charge is 0.210 e. The van der Waals surface area contributed by atoms with Crippen LogP contribution in [0.15, 0.2) is 22.7 Å². The van der Waals surface area contributed by atoms with Crippen molar-refractivity contribution in [2.45, 2.75) is 11.5 Å². The second kappa shape index (κ2) is 3.96. The van der Waals surface area contributed by atoms with E-state index in [1.165, 1.54) is 28.4 Å². The number of hydrogen-bond donors (Lipinski definition) is 1. The number of thiazole rings is 1. The van der Waals surface area contributed by atoms with Crippen LogP contribution in [-0.4, -0.2) is 34.5 Å². The van der Waals surface area contributed by atoms with Gasteiger partial charge in [0.15, 0.2) is 9.84 Å². The molecule has 2 heterocycles. The van der Waals surface area contributed by atoms with Gasteiger partial charge >= 0.3 is 0 Å². The third kappa shape index (κ3) is 2.13. The maximum atomic E-state index is 11.2. The van der Waals surface area contributed by atoms with Crippen LogP contribution in [0, 0.1) is 0 Å². The van der Waals surface area contributed by atoms with Crippen molar-refractivity contribution in [1.82, 2.24) is 14.8 Å². The van der Waals surface area contributed by atoms with Crippen LogP contribution in [0.1, 0.15) is 5.69 Å². The van der Waals surface area contributed by atoms with Gasteiger partial charge in [-0.1, -0.05) is 0 Å². The molecule has 0 saturated heterocycles. The molecule has 0 bridgehead atoms. The van der Waals surface area contributed by atoms with Crippen LogP contribution in [0.3, 0.4) is 0 Å².